The van der Waals surface area contributed by atoms with Gasteiger partial charge >= 0.3 is 11.7 Å². The fraction of sp³-hybridized carbons (Fsp3) is 0.136. The minimum absolute atomic E-state index is 0.109. The summed E-state index contributed by atoms with van der Waals surface area (Å²) < 4.78 is 11.5. The van der Waals surface area contributed by atoms with Gasteiger partial charge in [0.15, 0.2) is 5.75 Å². The molecule has 0 atom stereocenters. The quantitative estimate of drug-likeness (QED) is 0.187. The van der Waals surface area contributed by atoms with Crippen molar-refractivity contribution in [1.29, 1.82) is 5.26 Å². The highest BCUT2D eigenvalue weighted by Gasteiger charge is 2.20. The lowest BCUT2D eigenvalue weighted by molar-refractivity contribution is -0.385. The lowest BCUT2D eigenvalue weighted by Crippen LogP contribution is -2.06. The van der Waals surface area contributed by atoms with E-state index < -0.39 is 10.9 Å². The molecular weight excluding hydrogens is 400 g/mol. The Bertz CT molecular complexity index is 1190. The predicted molar refractivity (Wildman–Crippen MR) is 112 cm³/mol. The van der Waals surface area contributed by atoms with Crippen molar-refractivity contribution in [2.24, 2.45) is 0 Å². The van der Waals surface area contributed by atoms with Crippen molar-refractivity contribution >= 4 is 17.7 Å². The normalized spacial score (nSPS) is 10.9. The fourth-order valence-electron chi connectivity index (χ4n) is 2.91. The van der Waals surface area contributed by atoms with E-state index in [1.54, 1.807) is 23.9 Å². The lowest BCUT2D eigenvalue weighted by Gasteiger charge is -2.05. The van der Waals surface area contributed by atoms with Gasteiger partial charge in [-0.2, -0.15) is 10.4 Å². The molecule has 0 amide bonds. The third kappa shape index (κ3) is 4.59. The summed E-state index contributed by atoms with van der Waals surface area (Å²) in [6.07, 6.45) is 2.99. The summed E-state index contributed by atoms with van der Waals surface area (Å²) >= 11 is 0. The first kappa shape index (κ1) is 21.3. The van der Waals surface area contributed by atoms with Crippen LogP contribution >= 0.6 is 0 Å². The fourth-order valence-corrected chi connectivity index (χ4v) is 2.91. The Morgan fingerprint density at radius 1 is 1.29 bits per heavy atom. The van der Waals surface area contributed by atoms with Crippen molar-refractivity contribution in [1.82, 2.24) is 9.78 Å². The van der Waals surface area contributed by atoms with E-state index in [9.17, 15) is 20.2 Å². The first-order valence-corrected chi connectivity index (χ1v) is 9.25. The number of rotatable bonds is 7. The predicted octanol–water partition coefficient (Wildman–Crippen LogP) is 3.93. The molecule has 0 aliphatic carbocycles. The Morgan fingerprint density at radius 3 is 2.65 bits per heavy atom. The van der Waals surface area contributed by atoms with E-state index in [-0.39, 0.29) is 23.6 Å². The van der Waals surface area contributed by atoms with Gasteiger partial charge in [-0.15, -0.1) is 0 Å². The van der Waals surface area contributed by atoms with Gasteiger partial charge in [0.05, 0.1) is 24.3 Å². The third-order valence-electron chi connectivity index (χ3n) is 4.33. The number of benzene rings is 2. The van der Waals surface area contributed by atoms with Crippen LogP contribution in [0, 0.1) is 21.4 Å². The SMILES string of the molecule is CCOC(=O)/C(C#N)=C/c1cn(-c2ccccc2)nc1-c1ccc(OC)c([N+](=O)[O-])c1. The average Bonchev–Trinajstić information content (AvgIpc) is 3.21. The van der Waals surface area contributed by atoms with Gasteiger partial charge in [-0.25, -0.2) is 9.48 Å². The monoisotopic (exact) mass is 418 g/mol. The molecule has 0 bridgehead atoms. The number of nitro benzene ring substituents is 1. The van der Waals surface area contributed by atoms with E-state index in [2.05, 4.69) is 5.10 Å². The van der Waals surface area contributed by atoms with Gasteiger partial charge in [0, 0.05) is 23.4 Å². The molecule has 0 aliphatic rings. The van der Waals surface area contributed by atoms with Gasteiger partial charge in [-0.3, -0.25) is 10.1 Å². The number of carbonyl (C=O) groups excluding carboxylic acids is 1. The average molecular weight is 418 g/mol. The van der Waals surface area contributed by atoms with E-state index in [0.29, 0.717) is 16.8 Å². The van der Waals surface area contributed by atoms with Gasteiger partial charge in [0.1, 0.15) is 17.3 Å². The lowest BCUT2D eigenvalue weighted by atomic mass is 10.1. The summed E-state index contributed by atoms with van der Waals surface area (Å²) in [5, 5.41) is 25.4. The molecule has 0 N–H and O–H groups in total. The summed E-state index contributed by atoms with van der Waals surface area (Å²) in [6, 6.07) is 15.5. The van der Waals surface area contributed by atoms with Crippen LogP contribution in [0.15, 0.2) is 60.3 Å². The van der Waals surface area contributed by atoms with Gasteiger partial charge in [0.25, 0.3) is 0 Å². The molecule has 0 radical (unpaired) electrons. The summed E-state index contributed by atoms with van der Waals surface area (Å²) in [6.45, 7) is 1.76. The molecule has 0 saturated heterocycles. The molecule has 0 saturated carbocycles. The molecule has 0 spiro atoms. The largest absolute Gasteiger partial charge is 0.490 e. The van der Waals surface area contributed by atoms with Crippen LogP contribution < -0.4 is 4.74 Å². The maximum absolute atomic E-state index is 12.1. The zero-order valence-corrected chi connectivity index (χ0v) is 16.8. The standard InChI is InChI=1S/C22H18N4O5/c1-3-31-22(27)16(13-23)11-17-14-25(18-7-5-4-6-8-18)24-21(17)15-9-10-20(30-2)19(12-15)26(28)29/h4-12,14H,3H2,1-2H3/b16-11+. The van der Waals surface area contributed by atoms with Crippen molar-refractivity contribution in [2.45, 2.75) is 6.92 Å². The second kappa shape index (κ2) is 9.37. The molecule has 1 aromatic heterocycles. The molecule has 0 fully saturated rings. The molecule has 9 heteroatoms. The maximum Gasteiger partial charge on any atom is 0.348 e. The summed E-state index contributed by atoms with van der Waals surface area (Å²) in [7, 11) is 1.35. The molecule has 3 rings (SSSR count). The number of methoxy groups -OCH3 is 1. The zero-order valence-electron chi connectivity index (χ0n) is 16.8. The topological polar surface area (TPSA) is 120 Å². The van der Waals surface area contributed by atoms with Crippen LogP contribution in [-0.4, -0.2) is 34.4 Å². The van der Waals surface area contributed by atoms with Gasteiger partial charge in [-0.1, -0.05) is 18.2 Å². The van der Waals surface area contributed by atoms with Crippen LogP contribution in [0.2, 0.25) is 0 Å². The number of aromatic nitrogens is 2. The number of carbonyl (C=O) groups is 1. The molecular formula is C22H18N4O5. The Morgan fingerprint density at radius 2 is 2.03 bits per heavy atom. The maximum atomic E-state index is 12.1. The minimum Gasteiger partial charge on any atom is -0.490 e. The number of hydrogen-bond acceptors (Lipinski definition) is 7. The van der Waals surface area contributed by atoms with Crippen molar-refractivity contribution in [2.75, 3.05) is 13.7 Å². The highest BCUT2D eigenvalue weighted by Crippen LogP contribution is 2.34. The first-order valence-electron chi connectivity index (χ1n) is 9.25. The smallest absolute Gasteiger partial charge is 0.348 e. The Hall–Kier alpha value is -4.45. The zero-order chi connectivity index (χ0) is 22.4. The number of para-hydroxylation sites is 1. The van der Waals surface area contributed by atoms with Crippen molar-refractivity contribution < 1.29 is 19.2 Å². The Balaban J connectivity index is 2.20. The molecule has 3 aromatic rings. The highest BCUT2D eigenvalue weighted by molar-refractivity contribution is 5.98. The van der Waals surface area contributed by atoms with Crippen LogP contribution in [0.25, 0.3) is 23.0 Å². The second-order valence-electron chi connectivity index (χ2n) is 6.25. The summed E-state index contributed by atoms with van der Waals surface area (Å²) in [4.78, 5) is 23.0. The van der Waals surface area contributed by atoms with Crippen molar-refractivity contribution in [3.05, 3.63) is 76.0 Å². The summed E-state index contributed by atoms with van der Waals surface area (Å²) in [5.74, 6) is -0.651. The Labute approximate surface area is 177 Å². The highest BCUT2D eigenvalue weighted by atomic mass is 16.6. The van der Waals surface area contributed by atoms with Crippen LogP contribution in [0.4, 0.5) is 5.69 Å². The third-order valence-corrected chi connectivity index (χ3v) is 4.33. The second-order valence-corrected chi connectivity index (χ2v) is 6.25. The van der Waals surface area contributed by atoms with Crippen LogP contribution in [0.3, 0.4) is 0 Å². The first-order chi connectivity index (χ1) is 15.0. The number of nitrogens with zero attached hydrogens (tertiary/aromatic N) is 4. The summed E-state index contributed by atoms with van der Waals surface area (Å²) in [5.41, 5.74) is 1.50. The van der Waals surface area contributed by atoms with Crippen molar-refractivity contribution in [3.63, 3.8) is 0 Å². The van der Waals surface area contributed by atoms with Crippen LogP contribution in [0.1, 0.15) is 12.5 Å². The van der Waals surface area contributed by atoms with E-state index >= 15 is 0 Å². The molecule has 1 heterocycles. The van der Waals surface area contributed by atoms with E-state index in [1.165, 1.54) is 25.3 Å². The van der Waals surface area contributed by atoms with Gasteiger partial charge in [0.2, 0.25) is 0 Å². The number of esters is 1. The van der Waals surface area contributed by atoms with E-state index in [0.717, 1.165) is 5.69 Å². The number of ether oxygens (including phenoxy) is 2. The minimum atomic E-state index is -0.760. The van der Waals surface area contributed by atoms with E-state index in [1.807, 2.05) is 36.4 Å². The van der Waals surface area contributed by atoms with E-state index in [4.69, 9.17) is 9.47 Å². The molecule has 0 unspecified atom stereocenters. The van der Waals surface area contributed by atoms with Gasteiger partial charge < -0.3 is 9.47 Å². The molecule has 156 valence electrons. The Kier molecular flexibility index (Phi) is 6.42. The van der Waals surface area contributed by atoms with Crippen molar-refractivity contribution in [3.8, 4) is 28.8 Å². The van der Waals surface area contributed by atoms with Gasteiger partial charge in [-0.05, 0) is 37.3 Å². The van der Waals surface area contributed by atoms with Crippen LogP contribution in [-0.2, 0) is 9.53 Å². The molecule has 2 aromatic carbocycles. The van der Waals surface area contributed by atoms with Crippen LogP contribution in [0.5, 0.6) is 5.75 Å². The number of hydrogen-bond donors (Lipinski definition) is 0. The molecule has 31 heavy (non-hydrogen) atoms. The number of nitriles is 1. The number of nitro groups is 1. The molecule has 9 nitrogen and oxygen atoms in total. The molecule has 0 aliphatic heterocycles.